The Balaban J connectivity index is 1.42. The first-order chi connectivity index (χ1) is 12.7. The zero-order valence-electron chi connectivity index (χ0n) is 15.0. The van der Waals surface area contributed by atoms with E-state index >= 15 is 0 Å². The number of furan rings is 1. The highest BCUT2D eigenvalue weighted by Gasteiger charge is 2.26. The molecule has 1 aliphatic rings. The Bertz CT molecular complexity index is 914. The number of likely N-dealkylation sites (tertiary alicyclic amines) is 1. The van der Waals surface area contributed by atoms with Crippen molar-refractivity contribution in [1.82, 2.24) is 4.90 Å². The second kappa shape index (κ2) is 7.24. The Kier molecular flexibility index (Phi) is 4.65. The highest BCUT2D eigenvalue weighted by molar-refractivity contribution is 5.91. The van der Waals surface area contributed by atoms with Gasteiger partial charge >= 0.3 is 0 Å². The van der Waals surface area contributed by atoms with Crippen molar-refractivity contribution in [2.24, 2.45) is 0 Å². The fourth-order valence-electron chi connectivity index (χ4n) is 3.52. The zero-order chi connectivity index (χ0) is 17.9. The molecule has 0 N–H and O–H groups in total. The number of ether oxygens (including phenoxy) is 1. The number of hydrogen-bond acceptors (Lipinski definition) is 3. The number of carbonyl (C=O) groups is 1. The Hall–Kier alpha value is -2.75. The molecule has 4 rings (SSSR count). The summed E-state index contributed by atoms with van der Waals surface area (Å²) in [5.74, 6) is 1.83. The third-order valence-corrected chi connectivity index (χ3v) is 5.04. The molecule has 134 valence electrons. The normalized spacial score (nSPS) is 17.4. The van der Waals surface area contributed by atoms with E-state index < -0.39 is 0 Å². The highest BCUT2D eigenvalue weighted by Crippen LogP contribution is 2.23. The average Bonchev–Trinajstić information content (AvgIpc) is 3.15. The largest absolute Gasteiger partial charge is 0.486 e. The van der Waals surface area contributed by atoms with Gasteiger partial charge in [-0.25, -0.2) is 0 Å². The van der Waals surface area contributed by atoms with Gasteiger partial charge in [0.05, 0.1) is 0 Å². The number of carbonyl (C=O) groups excluding carboxylic acids is 1. The summed E-state index contributed by atoms with van der Waals surface area (Å²) in [5, 5.41) is 2.32. The first kappa shape index (κ1) is 16.7. The molecule has 0 unspecified atom stereocenters. The molecular formula is C22H23NO3. The van der Waals surface area contributed by atoms with Crippen LogP contribution in [0.15, 0.2) is 59.0 Å². The third-order valence-electron chi connectivity index (χ3n) is 5.04. The minimum Gasteiger partial charge on any atom is -0.486 e. The van der Waals surface area contributed by atoms with Crippen LogP contribution in [0.5, 0.6) is 5.75 Å². The van der Waals surface area contributed by atoms with Crippen LogP contribution in [-0.2, 0) is 6.61 Å². The summed E-state index contributed by atoms with van der Waals surface area (Å²) in [6, 6.07) is 18.0. The molecule has 0 spiro atoms. The molecule has 1 fully saturated rings. The topological polar surface area (TPSA) is 42.7 Å². The van der Waals surface area contributed by atoms with Crippen molar-refractivity contribution in [2.45, 2.75) is 38.8 Å². The van der Waals surface area contributed by atoms with E-state index in [9.17, 15) is 4.79 Å². The van der Waals surface area contributed by atoms with Crippen LogP contribution in [0.2, 0.25) is 0 Å². The van der Waals surface area contributed by atoms with Gasteiger partial charge in [0.25, 0.3) is 5.91 Å². The molecule has 1 saturated heterocycles. The van der Waals surface area contributed by atoms with Gasteiger partial charge in [-0.05, 0) is 61.2 Å². The average molecular weight is 349 g/mol. The molecule has 4 heteroatoms. The molecule has 1 aliphatic heterocycles. The van der Waals surface area contributed by atoms with Crippen molar-refractivity contribution in [3.05, 3.63) is 66.1 Å². The van der Waals surface area contributed by atoms with Crippen LogP contribution >= 0.6 is 0 Å². The molecule has 2 heterocycles. The third kappa shape index (κ3) is 3.45. The van der Waals surface area contributed by atoms with Gasteiger partial charge in [-0.2, -0.15) is 0 Å². The maximum atomic E-state index is 12.6. The van der Waals surface area contributed by atoms with Gasteiger partial charge in [-0.15, -0.1) is 0 Å². The van der Waals surface area contributed by atoms with Crippen LogP contribution < -0.4 is 4.74 Å². The minimum absolute atomic E-state index is 0.0193. The molecule has 0 bridgehead atoms. The Labute approximate surface area is 153 Å². The monoisotopic (exact) mass is 349 g/mol. The Morgan fingerprint density at radius 1 is 1.12 bits per heavy atom. The lowest BCUT2D eigenvalue weighted by Crippen LogP contribution is -2.41. The molecule has 4 nitrogen and oxygen atoms in total. The van der Waals surface area contributed by atoms with Gasteiger partial charge in [0, 0.05) is 12.6 Å². The molecule has 26 heavy (non-hydrogen) atoms. The summed E-state index contributed by atoms with van der Waals surface area (Å²) < 4.78 is 11.6. The van der Waals surface area contributed by atoms with Gasteiger partial charge < -0.3 is 14.1 Å². The summed E-state index contributed by atoms with van der Waals surface area (Å²) in [4.78, 5) is 14.5. The van der Waals surface area contributed by atoms with Gasteiger partial charge in [0.2, 0.25) is 0 Å². The van der Waals surface area contributed by atoms with E-state index in [1.54, 1.807) is 6.07 Å². The SMILES string of the molecule is C[C@@H]1CCCCN1C(=O)c1ccc(COc2ccc3ccccc3c2)o1. The number of amides is 1. The van der Waals surface area contributed by atoms with Crippen molar-refractivity contribution in [1.29, 1.82) is 0 Å². The van der Waals surface area contributed by atoms with Crippen LogP contribution in [0, 0.1) is 0 Å². The van der Waals surface area contributed by atoms with Crippen LogP contribution in [0.3, 0.4) is 0 Å². The molecule has 1 atom stereocenters. The second-order valence-corrected chi connectivity index (χ2v) is 6.91. The van der Waals surface area contributed by atoms with Crippen LogP contribution in [0.4, 0.5) is 0 Å². The minimum atomic E-state index is -0.0193. The molecule has 0 saturated carbocycles. The molecule has 1 amide bonds. The lowest BCUT2D eigenvalue weighted by atomic mass is 10.0. The van der Waals surface area contributed by atoms with Crippen molar-refractivity contribution in [2.75, 3.05) is 6.54 Å². The van der Waals surface area contributed by atoms with E-state index in [1.165, 1.54) is 11.8 Å². The Morgan fingerprint density at radius 2 is 1.96 bits per heavy atom. The van der Waals surface area contributed by atoms with Crippen LogP contribution in [0.1, 0.15) is 42.5 Å². The molecule has 3 aromatic rings. The van der Waals surface area contributed by atoms with E-state index in [1.807, 2.05) is 41.3 Å². The number of rotatable bonds is 4. The van der Waals surface area contributed by atoms with Crippen LogP contribution in [0.25, 0.3) is 10.8 Å². The fourth-order valence-corrected chi connectivity index (χ4v) is 3.52. The summed E-state index contributed by atoms with van der Waals surface area (Å²) in [6.45, 7) is 3.22. The standard InChI is InChI=1S/C22H23NO3/c1-16-6-4-5-13-23(16)22(24)21-12-11-20(26-21)15-25-19-10-9-17-7-2-3-8-18(17)14-19/h2-3,7-12,14,16H,4-6,13,15H2,1H3/t16-/m1/s1. The Morgan fingerprint density at radius 3 is 2.81 bits per heavy atom. The molecule has 2 aromatic carbocycles. The number of benzene rings is 2. The quantitative estimate of drug-likeness (QED) is 0.664. The van der Waals surface area contributed by atoms with Crippen molar-refractivity contribution < 1.29 is 13.9 Å². The smallest absolute Gasteiger partial charge is 0.289 e. The lowest BCUT2D eigenvalue weighted by Gasteiger charge is -2.32. The van der Waals surface area contributed by atoms with Gasteiger partial charge in [0.15, 0.2) is 5.76 Å². The van der Waals surface area contributed by atoms with E-state index in [2.05, 4.69) is 19.1 Å². The molecule has 0 aliphatic carbocycles. The number of fused-ring (bicyclic) bond motifs is 1. The maximum absolute atomic E-state index is 12.6. The number of nitrogens with zero attached hydrogens (tertiary/aromatic N) is 1. The van der Waals surface area contributed by atoms with Crippen LogP contribution in [-0.4, -0.2) is 23.4 Å². The lowest BCUT2D eigenvalue weighted by molar-refractivity contribution is 0.0599. The summed E-state index contributed by atoms with van der Waals surface area (Å²) in [7, 11) is 0. The number of piperidine rings is 1. The van der Waals surface area contributed by atoms with Crippen molar-refractivity contribution in [3.63, 3.8) is 0 Å². The number of hydrogen-bond donors (Lipinski definition) is 0. The van der Waals surface area contributed by atoms with Gasteiger partial charge in [-0.3, -0.25) is 4.79 Å². The first-order valence-electron chi connectivity index (χ1n) is 9.22. The zero-order valence-corrected chi connectivity index (χ0v) is 15.0. The second-order valence-electron chi connectivity index (χ2n) is 6.91. The van der Waals surface area contributed by atoms with Crippen molar-refractivity contribution in [3.8, 4) is 5.75 Å². The maximum Gasteiger partial charge on any atom is 0.289 e. The molecular weight excluding hydrogens is 326 g/mol. The predicted octanol–water partition coefficient (Wildman–Crippen LogP) is 5.03. The van der Waals surface area contributed by atoms with E-state index in [0.29, 0.717) is 18.1 Å². The molecule has 1 aromatic heterocycles. The van der Waals surface area contributed by atoms with Crippen molar-refractivity contribution >= 4 is 16.7 Å². The van der Waals surface area contributed by atoms with E-state index in [-0.39, 0.29) is 11.9 Å². The summed E-state index contributed by atoms with van der Waals surface area (Å²) in [6.07, 6.45) is 3.31. The highest BCUT2D eigenvalue weighted by atomic mass is 16.5. The van der Waals surface area contributed by atoms with E-state index in [0.717, 1.165) is 30.5 Å². The van der Waals surface area contributed by atoms with E-state index in [4.69, 9.17) is 9.15 Å². The predicted molar refractivity (Wildman–Crippen MR) is 101 cm³/mol. The molecule has 0 radical (unpaired) electrons. The first-order valence-corrected chi connectivity index (χ1v) is 9.22. The van der Waals surface area contributed by atoms with Gasteiger partial charge in [0.1, 0.15) is 18.1 Å². The summed E-state index contributed by atoms with van der Waals surface area (Å²) >= 11 is 0. The fraction of sp³-hybridized carbons (Fsp3) is 0.318. The summed E-state index contributed by atoms with van der Waals surface area (Å²) in [5.41, 5.74) is 0. The van der Waals surface area contributed by atoms with Gasteiger partial charge in [-0.1, -0.05) is 30.3 Å².